The predicted molar refractivity (Wildman–Crippen MR) is 109 cm³/mol. The summed E-state index contributed by atoms with van der Waals surface area (Å²) >= 11 is 4.70. The first-order valence-electron chi connectivity index (χ1n) is 7.45. The van der Waals surface area contributed by atoms with Gasteiger partial charge in [0.25, 0.3) is 0 Å². The molecule has 0 atom stereocenters. The van der Waals surface area contributed by atoms with Crippen molar-refractivity contribution in [3.63, 3.8) is 0 Å². The van der Waals surface area contributed by atoms with Gasteiger partial charge in [-0.25, -0.2) is 18.5 Å². The summed E-state index contributed by atoms with van der Waals surface area (Å²) in [6, 6.07) is 15.4. The second-order valence-corrected chi connectivity index (χ2v) is 8.63. The fourth-order valence-electron chi connectivity index (χ4n) is 2.10. The Hall–Kier alpha value is -2.58. The van der Waals surface area contributed by atoms with E-state index in [-0.39, 0.29) is 10.6 Å². The molecule has 27 heavy (non-hydrogen) atoms. The van der Waals surface area contributed by atoms with Crippen LogP contribution in [-0.2, 0) is 10.0 Å². The second-order valence-electron chi connectivity index (χ2n) is 5.30. The van der Waals surface area contributed by atoms with Crippen molar-refractivity contribution in [1.29, 1.82) is 5.26 Å². The Kier molecular flexibility index (Phi) is 5.67. The van der Waals surface area contributed by atoms with Crippen LogP contribution >= 0.6 is 27.3 Å². The third kappa shape index (κ3) is 4.78. The molecule has 0 saturated carbocycles. The zero-order chi connectivity index (χ0) is 19.4. The highest BCUT2D eigenvalue weighted by Gasteiger charge is 2.11. The molecule has 2 aromatic carbocycles. The molecule has 136 valence electrons. The molecule has 1 heterocycles. The number of nitrogens with two attached hydrogens (primary N) is 1. The normalized spacial score (nSPS) is 11.8. The average Bonchev–Trinajstić information content (AvgIpc) is 3.12. The standard InChI is InChI=1S/C17H12BrN5O2S2/c18-12-3-1-11(2-4-12)16-10-26-17(21-16)15(9-19)23-22-13-5-7-14(8-6-13)27(20,24)25/h1-8,10,22H,(H2,20,24,25)/b23-15-. The first-order chi connectivity index (χ1) is 12.9. The van der Waals surface area contributed by atoms with E-state index in [4.69, 9.17) is 5.14 Å². The summed E-state index contributed by atoms with van der Waals surface area (Å²) in [6.07, 6.45) is 0. The number of nitrogens with one attached hydrogen (secondary N) is 1. The first kappa shape index (κ1) is 19.2. The van der Waals surface area contributed by atoms with Gasteiger partial charge in [-0.15, -0.1) is 11.3 Å². The third-order valence-electron chi connectivity index (χ3n) is 3.43. The summed E-state index contributed by atoms with van der Waals surface area (Å²) in [5, 5.41) is 20.8. The van der Waals surface area contributed by atoms with Gasteiger partial charge in [-0.1, -0.05) is 28.1 Å². The zero-order valence-electron chi connectivity index (χ0n) is 13.6. The van der Waals surface area contributed by atoms with Gasteiger partial charge in [0.05, 0.1) is 16.3 Å². The van der Waals surface area contributed by atoms with Crippen LogP contribution in [0, 0.1) is 11.3 Å². The third-order valence-corrected chi connectivity index (χ3v) is 5.74. The lowest BCUT2D eigenvalue weighted by atomic mass is 10.2. The average molecular weight is 462 g/mol. The van der Waals surface area contributed by atoms with Gasteiger partial charge in [0.2, 0.25) is 10.0 Å². The van der Waals surface area contributed by atoms with Crippen molar-refractivity contribution >= 4 is 48.7 Å². The summed E-state index contributed by atoms with van der Waals surface area (Å²) in [7, 11) is -3.75. The molecule has 0 fully saturated rings. The number of rotatable bonds is 5. The largest absolute Gasteiger partial charge is 0.277 e. The van der Waals surface area contributed by atoms with E-state index in [9.17, 15) is 13.7 Å². The van der Waals surface area contributed by atoms with E-state index >= 15 is 0 Å². The second kappa shape index (κ2) is 7.98. The van der Waals surface area contributed by atoms with E-state index in [1.54, 1.807) is 0 Å². The number of nitrogens with zero attached hydrogens (tertiary/aromatic N) is 3. The molecule has 0 amide bonds. The van der Waals surface area contributed by atoms with Crippen LogP contribution in [0.2, 0.25) is 0 Å². The Morgan fingerprint density at radius 2 is 1.85 bits per heavy atom. The monoisotopic (exact) mass is 461 g/mol. The number of hydrogen-bond acceptors (Lipinski definition) is 7. The fourth-order valence-corrected chi connectivity index (χ4v) is 3.64. The maximum atomic E-state index is 11.3. The van der Waals surface area contributed by atoms with E-state index in [0.29, 0.717) is 10.7 Å². The van der Waals surface area contributed by atoms with Gasteiger partial charge in [-0.3, -0.25) is 5.43 Å². The SMILES string of the molecule is N#C/C(=N/Nc1ccc(S(N)(=O)=O)cc1)c1nc(-c2ccc(Br)cc2)cs1. The molecule has 0 unspecified atom stereocenters. The molecule has 7 nitrogen and oxygen atoms in total. The summed E-state index contributed by atoms with van der Waals surface area (Å²) in [6.45, 7) is 0. The van der Waals surface area contributed by atoms with Gasteiger partial charge in [0, 0.05) is 15.4 Å². The van der Waals surface area contributed by atoms with Gasteiger partial charge in [0.15, 0.2) is 10.7 Å². The van der Waals surface area contributed by atoms with Gasteiger partial charge in [0.1, 0.15) is 6.07 Å². The topological polar surface area (TPSA) is 121 Å². The predicted octanol–water partition coefficient (Wildman–Crippen LogP) is 3.56. The highest BCUT2D eigenvalue weighted by molar-refractivity contribution is 9.10. The van der Waals surface area contributed by atoms with Gasteiger partial charge >= 0.3 is 0 Å². The molecule has 0 aliphatic carbocycles. The highest BCUT2D eigenvalue weighted by atomic mass is 79.9. The quantitative estimate of drug-likeness (QED) is 0.444. The number of thiazole rings is 1. The summed E-state index contributed by atoms with van der Waals surface area (Å²) in [5.74, 6) is 0. The molecule has 0 spiro atoms. The molecule has 1 aromatic heterocycles. The Balaban J connectivity index is 1.79. The lowest BCUT2D eigenvalue weighted by Gasteiger charge is -2.02. The van der Waals surface area contributed by atoms with Crippen molar-refractivity contribution in [2.45, 2.75) is 4.90 Å². The maximum Gasteiger partial charge on any atom is 0.238 e. The molecule has 3 rings (SSSR count). The Morgan fingerprint density at radius 3 is 2.44 bits per heavy atom. The van der Waals surface area contributed by atoms with Crippen LogP contribution < -0.4 is 10.6 Å². The van der Waals surface area contributed by atoms with Crippen molar-refractivity contribution in [3.05, 3.63) is 63.4 Å². The van der Waals surface area contributed by atoms with Crippen molar-refractivity contribution in [3.8, 4) is 17.3 Å². The first-order valence-corrected chi connectivity index (χ1v) is 10.7. The maximum absolute atomic E-state index is 11.3. The van der Waals surface area contributed by atoms with Crippen LogP contribution in [-0.4, -0.2) is 19.1 Å². The fraction of sp³-hybridized carbons (Fsp3) is 0. The summed E-state index contributed by atoms with van der Waals surface area (Å²) < 4.78 is 23.5. The van der Waals surface area contributed by atoms with E-state index in [1.807, 2.05) is 35.7 Å². The molecule has 3 N–H and O–H groups in total. The lowest BCUT2D eigenvalue weighted by Crippen LogP contribution is -2.11. The number of primary sulfonamides is 1. The number of hydrazone groups is 1. The Morgan fingerprint density at radius 1 is 1.19 bits per heavy atom. The Bertz CT molecular complexity index is 1130. The van der Waals surface area contributed by atoms with Crippen molar-refractivity contribution in [2.75, 3.05) is 5.43 Å². The minimum atomic E-state index is -3.75. The lowest BCUT2D eigenvalue weighted by molar-refractivity contribution is 0.598. The molecule has 0 bridgehead atoms. The van der Waals surface area contributed by atoms with Crippen LogP contribution in [0.15, 0.2) is 68.4 Å². The molecule has 3 aromatic rings. The van der Waals surface area contributed by atoms with Gasteiger partial charge in [-0.05, 0) is 36.4 Å². The summed E-state index contributed by atoms with van der Waals surface area (Å²) in [5.41, 5.74) is 5.04. The number of sulfonamides is 1. The number of nitriles is 1. The van der Waals surface area contributed by atoms with E-state index < -0.39 is 10.0 Å². The van der Waals surface area contributed by atoms with Crippen LogP contribution in [0.4, 0.5) is 5.69 Å². The minimum Gasteiger partial charge on any atom is -0.277 e. The highest BCUT2D eigenvalue weighted by Crippen LogP contribution is 2.24. The molecule has 10 heteroatoms. The smallest absolute Gasteiger partial charge is 0.238 e. The van der Waals surface area contributed by atoms with E-state index in [0.717, 1.165) is 15.7 Å². The van der Waals surface area contributed by atoms with Gasteiger partial charge in [-0.2, -0.15) is 10.4 Å². The summed E-state index contributed by atoms with van der Waals surface area (Å²) in [4.78, 5) is 4.45. The number of anilines is 1. The van der Waals surface area contributed by atoms with Crippen LogP contribution in [0.1, 0.15) is 5.01 Å². The van der Waals surface area contributed by atoms with Crippen LogP contribution in [0.3, 0.4) is 0 Å². The van der Waals surface area contributed by atoms with Gasteiger partial charge < -0.3 is 0 Å². The van der Waals surface area contributed by atoms with Crippen molar-refractivity contribution < 1.29 is 8.42 Å². The van der Waals surface area contributed by atoms with Crippen molar-refractivity contribution in [1.82, 2.24) is 4.98 Å². The molecular weight excluding hydrogens is 450 g/mol. The zero-order valence-corrected chi connectivity index (χ0v) is 16.8. The molecular formula is C17H12BrN5O2S2. The van der Waals surface area contributed by atoms with Crippen molar-refractivity contribution in [2.24, 2.45) is 10.2 Å². The molecule has 0 radical (unpaired) electrons. The molecule has 0 aliphatic heterocycles. The van der Waals surface area contributed by atoms with E-state index in [1.165, 1.54) is 35.6 Å². The number of hydrogen-bond donors (Lipinski definition) is 2. The molecule has 0 aliphatic rings. The minimum absolute atomic E-state index is 0.00315. The Labute approximate surface area is 168 Å². The van der Waals surface area contributed by atoms with Crippen LogP contribution in [0.5, 0.6) is 0 Å². The van der Waals surface area contributed by atoms with E-state index in [2.05, 4.69) is 31.4 Å². The number of halogens is 1. The number of aromatic nitrogens is 1. The van der Waals surface area contributed by atoms with Crippen LogP contribution in [0.25, 0.3) is 11.3 Å². The number of benzene rings is 2. The molecule has 0 saturated heterocycles.